The number of thiol groups is 1. The minimum atomic E-state index is 0.767. The highest BCUT2D eigenvalue weighted by molar-refractivity contribution is 7.80. The van der Waals surface area contributed by atoms with E-state index in [9.17, 15) is 0 Å². The third-order valence-electron chi connectivity index (χ3n) is 1.89. The lowest BCUT2D eigenvalue weighted by Crippen LogP contribution is -1.71. The Morgan fingerprint density at radius 2 is 2.23 bits per heavy atom. The molecule has 0 amide bonds. The van der Waals surface area contributed by atoms with Crippen LogP contribution in [0.25, 0.3) is 17.0 Å². The molecule has 0 unspecified atom stereocenters. The predicted octanol–water partition coefficient (Wildman–Crippen LogP) is 3.38. The Morgan fingerprint density at radius 1 is 1.31 bits per heavy atom. The summed E-state index contributed by atoms with van der Waals surface area (Å²) in [6, 6.07) is 8.07. The Labute approximate surface area is 82.5 Å². The number of benzene rings is 1. The highest BCUT2D eigenvalue weighted by atomic mass is 32.1. The molecule has 66 valence electrons. The summed E-state index contributed by atoms with van der Waals surface area (Å²) in [7, 11) is 0. The van der Waals surface area contributed by atoms with Crippen LogP contribution in [-0.2, 0) is 0 Å². The van der Waals surface area contributed by atoms with E-state index in [1.807, 2.05) is 24.3 Å². The van der Waals surface area contributed by atoms with Gasteiger partial charge < -0.3 is 4.42 Å². The molecule has 0 aliphatic heterocycles. The number of rotatable bonds is 2. The van der Waals surface area contributed by atoms with Crippen molar-refractivity contribution in [3.63, 3.8) is 0 Å². The molecular formula is C11H10OS. The van der Waals surface area contributed by atoms with E-state index in [1.165, 1.54) is 5.56 Å². The predicted molar refractivity (Wildman–Crippen MR) is 59.1 cm³/mol. The molecule has 1 heterocycles. The topological polar surface area (TPSA) is 13.1 Å². The first-order valence-corrected chi connectivity index (χ1v) is 4.78. The summed E-state index contributed by atoms with van der Waals surface area (Å²) >= 11 is 4.11. The largest absolute Gasteiger partial charge is 0.464 e. The molecule has 2 aromatic rings. The van der Waals surface area contributed by atoms with E-state index in [0.717, 1.165) is 16.7 Å². The summed E-state index contributed by atoms with van der Waals surface area (Å²) in [5.41, 5.74) is 2.12. The van der Waals surface area contributed by atoms with Crippen LogP contribution in [0.2, 0.25) is 0 Å². The number of furan rings is 1. The fraction of sp³-hybridized carbons (Fsp3) is 0.0909. The molecule has 0 saturated carbocycles. The molecule has 0 aliphatic carbocycles. The van der Waals surface area contributed by atoms with Crippen LogP contribution < -0.4 is 0 Å². The third-order valence-corrected chi connectivity index (χ3v) is 2.10. The zero-order chi connectivity index (χ0) is 9.10. The first-order valence-electron chi connectivity index (χ1n) is 4.15. The molecule has 1 nitrogen and oxygen atoms in total. The van der Waals surface area contributed by atoms with Crippen LogP contribution in [0, 0.1) is 0 Å². The van der Waals surface area contributed by atoms with E-state index < -0.39 is 0 Å². The lowest BCUT2D eigenvalue weighted by molar-refractivity contribution is 0.616. The molecule has 0 N–H and O–H groups in total. The van der Waals surface area contributed by atoms with Crippen molar-refractivity contribution >= 4 is 29.7 Å². The van der Waals surface area contributed by atoms with Crippen LogP contribution in [0.4, 0.5) is 0 Å². The molecule has 0 radical (unpaired) electrons. The zero-order valence-electron chi connectivity index (χ0n) is 7.10. The minimum absolute atomic E-state index is 0.767. The Morgan fingerprint density at radius 3 is 3.08 bits per heavy atom. The molecule has 13 heavy (non-hydrogen) atoms. The van der Waals surface area contributed by atoms with E-state index in [0.29, 0.717) is 0 Å². The Bertz CT molecular complexity index is 428. The molecule has 0 atom stereocenters. The molecule has 0 spiro atoms. The monoisotopic (exact) mass is 190 g/mol. The van der Waals surface area contributed by atoms with Crippen LogP contribution in [0.3, 0.4) is 0 Å². The first kappa shape index (κ1) is 8.45. The molecule has 0 bridgehead atoms. The maximum absolute atomic E-state index is 5.24. The SMILES string of the molecule is SCC=Cc1ccc2occc2c1. The standard InChI is InChI=1S/C11H10OS/c13-7-1-2-9-3-4-11-10(8-9)5-6-12-11/h1-6,8,13H,7H2. The maximum Gasteiger partial charge on any atom is 0.133 e. The van der Waals surface area contributed by atoms with Crippen LogP contribution in [0.1, 0.15) is 5.56 Å². The van der Waals surface area contributed by atoms with Gasteiger partial charge in [-0.2, -0.15) is 12.6 Å². The second kappa shape index (κ2) is 3.71. The van der Waals surface area contributed by atoms with Crippen molar-refractivity contribution in [2.45, 2.75) is 0 Å². The Balaban J connectivity index is 2.42. The van der Waals surface area contributed by atoms with E-state index in [2.05, 4.69) is 24.8 Å². The molecule has 0 saturated heterocycles. The normalized spacial score (nSPS) is 11.5. The molecule has 1 aromatic heterocycles. The van der Waals surface area contributed by atoms with Crippen molar-refractivity contribution in [3.05, 3.63) is 42.2 Å². The second-order valence-electron chi connectivity index (χ2n) is 2.80. The number of hydrogen-bond donors (Lipinski definition) is 1. The van der Waals surface area contributed by atoms with Crippen molar-refractivity contribution in [1.82, 2.24) is 0 Å². The highest BCUT2D eigenvalue weighted by Gasteiger charge is 1.95. The van der Waals surface area contributed by atoms with Gasteiger partial charge in [-0.05, 0) is 23.8 Å². The summed E-state index contributed by atoms with van der Waals surface area (Å²) in [4.78, 5) is 0. The Hall–Kier alpha value is -1.15. The molecule has 2 heteroatoms. The van der Waals surface area contributed by atoms with Crippen LogP contribution in [0.15, 0.2) is 41.0 Å². The van der Waals surface area contributed by atoms with Crippen molar-refractivity contribution in [2.24, 2.45) is 0 Å². The molecular weight excluding hydrogens is 180 g/mol. The molecule has 1 aromatic carbocycles. The van der Waals surface area contributed by atoms with Crippen LogP contribution in [0.5, 0.6) is 0 Å². The minimum Gasteiger partial charge on any atom is -0.464 e. The van der Waals surface area contributed by atoms with Gasteiger partial charge in [0.2, 0.25) is 0 Å². The summed E-state index contributed by atoms with van der Waals surface area (Å²) in [6.45, 7) is 0. The van der Waals surface area contributed by atoms with Crippen LogP contribution >= 0.6 is 12.6 Å². The first-order chi connectivity index (χ1) is 6.40. The third kappa shape index (κ3) is 1.78. The average molecular weight is 190 g/mol. The molecule has 0 aliphatic rings. The zero-order valence-corrected chi connectivity index (χ0v) is 8.00. The summed E-state index contributed by atoms with van der Waals surface area (Å²) in [6.07, 6.45) is 5.78. The summed E-state index contributed by atoms with van der Waals surface area (Å²) in [5.74, 6) is 0.767. The van der Waals surface area contributed by atoms with E-state index in [4.69, 9.17) is 4.42 Å². The van der Waals surface area contributed by atoms with Gasteiger partial charge in [0.25, 0.3) is 0 Å². The maximum atomic E-state index is 5.24. The average Bonchev–Trinajstić information content (AvgIpc) is 2.61. The van der Waals surface area contributed by atoms with Gasteiger partial charge in [0.15, 0.2) is 0 Å². The Kier molecular flexibility index (Phi) is 2.41. The van der Waals surface area contributed by atoms with Gasteiger partial charge in [-0.15, -0.1) is 0 Å². The summed E-state index contributed by atoms with van der Waals surface area (Å²) < 4.78 is 5.24. The van der Waals surface area contributed by atoms with Gasteiger partial charge in [0.05, 0.1) is 6.26 Å². The lowest BCUT2D eigenvalue weighted by Gasteiger charge is -1.92. The van der Waals surface area contributed by atoms with Gasteiger partial charge in [-0.3, -0.25) is 0 Å². The van der Waals surface area contributed by atoms with E-state index >= 15 is 0 Å². The van der Waals surface area contributed by atoms with Gasteiger partial charge >= 0.3 is 0 Å². The van der Waals surface area contributed by atoms with Crippen molar-refractivity contribution in [2.75, 3.05) is 5.75 Å². The summed E-state index contributed by atoms with van der Waals surface area (Å²) in [5, 5.41) is 1.14. The number of hydrogen-bond acceptors (Lipinski definition) is 2. The van der Waals surface area contributed by atoms with Gasteiger partial charge in [-0.1, -0.05) is 18.2 Å². The quantitative estimate of drug-likeness (QED) is 0.716. The van der Waals surface area contributed by atoms with E-state index in [1.54, 1.807) is 6.26 Å². The van der Waals surface area contributed by atoms with Gasteiger partial charge in [0.1, 0.15) is 5.58 Å². The van der Waals surface area contributed by atoms with Crippen molar-refractivity contribution in [3.8, 4) is 0 Å². The smallest absolute Gasteiger partial charge is 0.133 e. The molecule has 2 rings (SSSR count). The van der Waals surface area contributed by atoms with Crippen molar-refractivity contribution in [1.29, 1.82) is 0 Å². The van der Waals surface area contributed by atoms with Crippen molar-refractivity contribution < 1.29 is 4.42 Å². The molecule has 0 fully saturated rings. The van der Waals surface area contributed by atoms with E-state index in [-0.39, 0.29) is 0 Å². The van der Waals surface area contributed by atoms with Crippen LogP contribution in [-0.4, -0.2) is 5.75 Å². The fourth-order valence-electron chi connectivity index (χ4n) is 1.28. The van der Waals surface area contributed by atoms with Gasteiger partial charge in [0, 0.05) is 11.1 Å². The van der Waals surface area contributed by atoms with Gasteiger partial charge in [-0.25, -0.2) is 0 Å². The second-order valence-corrected chi connectivity index (χ2v) is 3.17. The highest BCUT2D eigenvalue weighted by Crippen LogP contribution is 2.17. The number of fused-ring (bicyclic) bond motifs is 1. The lowest BCUT2D eigenvalue weighted by atomic mass is 10.1. The fourth-order valence-corrected chi connectivity index (χ4v) is 1.38.